The first-order chi connectivity index (χ1) is 10.9. The molecule has 1 heterocycles. The Labute approximate surface area is 137 Å². The second kappa shape index (κ2) is 7.79. The molecule has 1 aliphatic heterocycles. The van der Waals surface area contributed by atoms with Gasteiger partial charge in [-0.1, -0.05) is 19.1 Å². The third kappa shape index (κ3) is 5.51. The van der Waals surface area contributed by atoms with Crippen LogP contribution < -0.4 is 10.1 Å². The van der Waals surface area contributed by atoms with E-state index in [-0.39, 0.29) is 18.6 Å². The lowest BCUT2D eigenvalue weighted by Crippen LogP contribution is -2.50. The lowest BCUT2D eigenvalue weighted by Gasteiger charge is -2.31. The summed E-state index contributed by atoms with van der Waals surface area (Å²) in [7, 11) is -3.21. The van der Waals surface area contributed by atoms with Gasteiger partial charge in [-0.05, 0) is 37.0 Å². The molecular weight excluding hydrogens is 316 g/mol. The fourth-order valence-electron chi connectivity index (χ4n) is 2.63. The maximum atomic E-state index is 12.0. The number of amides is 1. The maximum Gasteiger partial charge on any atom is 0.258 e. The van der Waals surface area contributed by atoms with Crippen LogP contribution in [0.5, 0.6) is 5.75 Å². The average Bonchev–Trinajstić information content (AvgIpc) is 2.52. The first-order valence-electron chi connectivity index (χ1n) is 7.84. The molecule has 0 bridgehead atoms. The van der Waals surface area contributed by atoms with Crippen molar-refractivity contribution in [1.82, 2.24) is 9.62 Å². The van der Waals surface area contributed by atoms with Crippen LogP contribution in [-0.2, 0) is 21.2 Å². The second-order valence-corrected chi connectivity index (χ2v) is 7.80. The summed E-state index contributed by atoms with van der Waals surface area (Å²) >= 11 is 0. The number of carbonyl (C=O) groups is 1. The summed E-state index contributed by atoms with van der Waals surface area (Å²) in [6.45, 7) is 2.84. The zero-order valence-corrected chi connectivity index (χ0v) is 14.4. The zero-order chi connectivity index (χ0) is 16.9. The summed E-state index contributed by atoms with van der Waals surface area (Å²) in [5, 5.41) is 2.85. The van der Waals surface area contributed by atoms with Crippen LogP contribution in [0.2, 0.25) is 0 Å². The van der Waals surface area contributed by atoms with Crippen LogP contribution in [0.1, 0.15) is 25.3 Å². The van der Waals surface area contributed by atoms with Crippen molar-refractivity contribution >= 4 is 15.9 Å². The molecule has 0 aliphatic carbocycles. The third-order valence-corrected chi connectivity index (χ3v) is 5.16. The molecule has 0 saturated carbocycles. The van der Waals surface area contributed by atoms with Crippen LogP contribution in [0.3, 0.4) is 0 Å². The Morgan fingerprint density at radius 2 is 2.22 bits per heavy atom. The molecule has 1 N–H and O–H groups in total. The molecule has 128 valence electrons. The highest BCUT2D eigenvalue weighted by molar-refractivity contribution is 7.88. The fraction of sp³-hybridized carbons (Fsp3) is 0.562. The number of rotatable bonds is 6. The number of carbonyl (C=O) groups excluding carboxylic acids is 1. The van der Waals surface area contributed by atoms with Gasteiger partial charge in [0.05, 0.1) is 6.26 Å². The van der Waals surface area contributed by atoms with Crippen LogP contribution in [0.25, 0.3) is 0 Å². The minimum Gasteiger partial charge on any atom is -0.484 e. The molecule has 1 amide bonds. The lowest BCUT2D eigenvalue weighted by molar-refractivity contribution is -0.124. The van der Waals surface area contributed by atoms with E-state index in [1.165, 1.54) is 10.6 Å². The Morgan fingerprint density at radius 3 is 2.91 bits per heavy atom. The van der Waals surface area contributed by atoms with Gasteiger partial charge in [0.1, 0.15) is 5.75 Å². The van der Waals surface area contributed by atoms with E-state index >= 15 is 0 Å². The van der Waals surface area contributed by atoms with Crippen molar-refractivity contribution in [3.05, 3.63) is 29.8 Å². The fourth-order valence-corrected chi connectivity index (χ4v) is 3.55. The van der Waals surface area contributed by atoms with Crippen molar-refractivity contribution in [2.75, 3.05) is 26.0 Å². The van der Waals surface area contributed by atoms with E-state index in [0.717, 1.165) is 24.8 Å². The highest BCUT2D eigenvalue weighted by Crippen LogP contribution is 2.15. The summed E-state index contributed by atoms with van der Waals surface area (Å²) in [5.41, 5.74) is 1.15. The van der Waals surface area contributed by atoms with E-state index in [1.807, 2.05) is 24.3 Å². The Balaban J connectivity index is 1.82. The molecule has 1 aromatic carbocycles. The Kier molecular flexibility index (Phi) is 6.01. The lowest BCUT2D eigenvalue weighted by atomic mass is 10.1. The monoisotopic (exact) mass is 340 g/mol. The molecule has 23 heavy (non-hydrogen) atoms. The van der Waals surface area contributed by atoms with Crippen LogP contribution in [-0.4, -0.2) is 50.6 Å². The standard InChI is InChI=1S/C16H24N2O4S/c1-3-13-6-4-8-15(10-13)22-12-16(19)17-14-7-5-9-18(11-14)23(2,20)21/h4,6,8,10,14H,3,5,7,9,11-12H2,1-2H3,(H,17,19). The molecule has 0 spiro atoms. The predicted molar refractivity (Wildman–Crippen MR) is 88.9 cm³/mol. The van der Waals surface area contributed by atoms with Gasteiger partial charge in [0.15, 0.2) is 6.61 Å². The van der Waals surface area contributed by atoms with Crippen molar-refractivity contribution in [2.45, 2.75) is 32.2 Å². The summed E-state index contributed by atoms with van der Waals surface area (Å²) in [6, 6.07) is 7.49. The molecule has 1 aliphatic rings. The maximum absolute atomic E-state index is 12.0. The molecule has 1 fully saturated rings. The molecule has 1 aromatic rings. The SMILES string of the molecule is CCc1cccc(OCC(=O)NC2CCCN(S(C)(=O)=O)C2)c1. The Morgan fingerprint density at radius 1 is 1.43 bits per heavy atom. The van der Waals surface area contributed by atoms with E-state index in [1.54, 1.807) is 0 Å². The van der Waals surface area contributed by atoms with Crippen molar-refractivity contribution in [2.24, 2.45) is 0 Å². The second-order valence-electron chi connectivity index (χ2n) is 5.82. The van der Waals surface area contributed by atoms with E-state index in [4.69, 9.17) is 4.74 Å². The van der Waals surface area contributed by atoms with Gasteiger partial charge in [-0.3, -0.25) is 4.79 Å². The number of ether oxygens (including phenoxy) is 1. The number of nitrogens with zero attached hydrogens (tertiary/aromatic N) is 1. The summed E-state index contributed by atoms with van der Waals surface area (Å²) in [6.07, 6.45) is 3.63. The quantitative estimate of drug-likeness (QED) is 0.843. The van der Waals surface area contributed by atoms with E-state index in [0.29, 0.717) is 18.8 Å². The van der Waals surface area contributed by atoms with Crippen molar-refractivity contribution in [3.63, 3.8) is 0 Å². The third-order valence-electron chi connectivity index (χ3n) is 3.89. The van der Waals surface area contributed by atoms with Crippen LogP contribution >= 0.6 is 0 Å². The molecule has 1 saturated heterocycles. The van der Waals surface area contributed by atoms with Crippen molar-refractivity contribution < 1.29 is 17.9 Å². The molecular formula is C16H24N2O4S. The van der Waals surface area contributed by atoms with Gasteiger partial charge in [0, 0.05) is 19.1 Å². The van der Waals surface area contributed by atoms with E-state index in [2.05, 4.69) is 12.2 Å². The van der Waals surface area contributed by atoms with Gasteiger partial charge in [-0.25, -0.2) is 12.7 Å². The Hall–Kier alpha value is -1.60. The first kappa shape index (κ1) is 17.7. The highest BCUT2D eigenvalue weighted by Gasteiger charge is 2.26. The van der Waals surface area contributed by atoms with Gasteiger partial charge in [0.25, 0.3) is 5.91 Å². The number of aryl methyl sites for hydroxylation is 1. The van der Waals surface area contributed by atoms with Gasteiger partial charge in [-0.15, -0.1) is 0 Å². The molecule has 0 radical (unpaired) electrons. The smallest absolute Gasteiger partial charge is 0.258 e. The normalized spacial score (nSPS) is 19.3. The number of hydrogen-bond acceptors (Lipinski definition) is 4. The minimum absolute atomic E-state index is 0.0669. The number of piperidine rings is 1. The topological polar surface area (TPSA) is 75.7 Å². The summed E-state index contributed by atoms with van der Waals surface area (Å²) in [4.78, 5) is 12.0. The van der Waals surface area contributed by atoms with Gasteiger partial charge >= 0.3 is 0 Å². The van der Waals surface area contributed by atoms with E-state index in [9.17, 15) is 13.2 Å². The Bertz CT molecular complexity index is 645. The highest BCUT2D eigenvalue weighted by atomic mass is 32.2. The molecule has 1 atom stereocenters. The van der Waals surface area contributed by atoms with Crippen molar-refractivity contribution in [3.8, 4) is 5.75 Å². The number of hydrogen-bond donors (Lipinski definition) is 1. The molecule has 0 aromatic heterocycles. The summed E-state index contributed by atoms with van der Waals surface area (Å²) < 4.78 is 30.1. The number of sulfonamides is 1. The number of nitrogens with one attached hydrogen (secondary N) is 1. The van der Waals surface area contributed by atoms with Gasteiger partial charge in [-0.2, -0.15) is 0 Å². The largest absolute Gasteiger partial charge is 0.484 e. The van der Waals surface area contributed by atoms with E-state index < -0.39 is 10.0 Å². The number of benzene rings is 1. The van der Waals surface area contributed by atoms with Gasteiger partial charge < -0.3 is 10.1 Å². The zero-order valence-electron chi connectivity index (χ0n) is 13.6. The molecule has 6 nitrogen and oxygen atoms in total. The minimum atomic E-state index is -3.21. The van der Waals surface area contributed by atoms with Crippen LogP contribution in [0.15, 0.2) is 24.3 Å². The van der Waals surface area contributed by atoms with Crippen LogP contribution in [0, 0.1) is 0 Å². The predicted octanol–water partition coefficient (Wildman–Crippen LogP) is 1.17. The van der Waals surface area contributed by atoms with Crippen molar-refractivity contribution in [1.29, 1.82) is 0 Å². The molecule has 7 heteroatoms. The summed E-state index contributed by atoms with van der Waals surface area (Å²) in [5.74, 6) is 0.438. The first-order valence-corrected chi connectivity index (χ1v) is 9.69. The van der Waals surface area contributed by atoms with Crippen LogP contribution in [0.4, 0.5) is 0 Å². The van der Waals surface area contributed by atoms with Gasteiger partial charge in [0.2, 0.25) is 10.0 Å². The molecule has 1 unspecified atom stereocenters. The average molecular weight is 340 g/mol. The molecule has 2 rings (SSSR count).